The number of aliphatic hydroxyl groups excluding tert-OH is 1. The van der Waals surface area contributed by atoms with E-state index < -0.39 is 23.8 Å². The zero-order valence-electron chi connectivity index (χ0n) is 10.5. The molecule has 2 rings (SSSR count). The number of halogens is 4. The highest BCUT2D eigenvalue weighted by molar-refractivity contribution is 9.10. The number of amides is 1. The SMILES string of the molecule is O=C(c1ccc(Br)c(C(F)(F)F)c1)N1CCC[C@H](O)C1. The Morgan fingerprint density at radius 3 is 2.70 bits per heavy atom. The van der Waals surface area contributed by atoms with Crippen molar-refractivity contribution in [3.63, 3.8) is 0 Å². The van der Waals surface area contributed by atoms with E-state index in [9.17, 15) is 23.1 Å². The molecule has 0 radical (unpaired) electrons. The molecule has 3 nitrogen and oxygen atoms in total. The first-order valence-electron chi connectivity index (χ1n) is 6.13. The molecular weight excluding hydrogens is 339 g/mol. The van der Waals surface area contributed by atoms with Crippen LogP contribution >= 0.6 is 15.9 Å². The lowest BCUT2D eigenvalue weighted by Gasteiger charge is -2.30. The van der Waals surface area contributed by atoms with Crippen molar-refractivity contribution in [1.82, 2.24) is 4.90 Å². The second kappa shape index (κ2) is 5.73. The summed E-state index contributed by atoms with van der Waals surface area (Å²) < 4.78 is 38.3. The van der Waals surface area contributed by atoms with Gasteiger partial charge in [0.05, 0.1) is 11.7 Å². The fourth-order valence-electron chi connectivity index (χ4n) is 2.20. The Morgan fingerprint density at radius 1 is 1.40 bits per heavy atom. The molecule has 1 amide bonds. The Hall–Kier alpha value is -1.08. The van der Waals surface area contributed by atoms with Crippen LogP contribution in [-0.4, -0.2) is 35.1 Å². The first-order valence-corrected chi connectivity index (χ1v) is 6.92. The number of carbonyl (C=O) groups excluding carboxylic acids is 1. The smallest absolute Gasteiger partial charge is 0.391 e. The van der Waals surface area contributed by atoms with E-state index in [0.29, 0.717) is 19.4 Å². The van der Waals surface area contributed by atoms with Crippen LogP contribution in [-0.2, 0) is 6.18 Å². The topological polar surface area (TPSA) is 40.5 Å². The summed E-state index contributed by atoms with van der Waals surface area (Å²) in [6.07, 6.45) is -3.87. The Kier molecular flexibility index (Phi) is 4.39. The van der Waals surface area contributed by atoms with E-state index in [1.54, 1.807) is 0 Å². The van der Waals surface area contributed by atoms with Crippen molar-refractivity contribution >= 4 is 21.8 Å². The molecule has 0 aliphatic carbocycles. The van der Waals surface area contributed by atoms with Crippen LogP contribution in [0.3, 0.4) is 0 Å². The summed E-state index contributed by atoms with van der Waals surface area (Å²) in [5.74, 6) is -0.484. The van der Waals surface area contributed by atoms with Gasteiger partial charge in [0.15, 0.2) is 0 Å². The highest BCUT2D eigenvalue weighted by Crippen LogP contribution is 2.35. The number of likely N-dealkylation sites (tertiary alicyclic amines) is 1. The maximum Gasteiger partial charge on any atom is 0.417 e. The number of piperidine rings is 1. The number of carbonyl (C=O) groups is 1. The normalized spacial score (nSPS) is 20.1. The molecule has 110 valence electrons. The van der Waals surface area contributed by atoms with E-state index >= 15 is 0 Å². The van der Waals surface area contributed by atoms with Gasteiger partial charge in [-0.25, -0.2) is 0 Å². The Labute approximate surface area is 122 Å². The van der Waals surface area contributed by atoms with Gasteiger partial charge in [-0.1, -0.05) is 15.9 Å². The van der Waals surface area contributed by atoms with Crippen molar-refractivity contribution in [2.45, 2.75) is 25.1 Å². The summed E-state index contributed by atoms with van der Waals surface area (Å²) in [5, 5.41) is 9.52. The van der Waals surface area contributed by atoms with Gasteiger partial charge in [-0.3, -0.25) is 4.79 Å². The molecule has 1 atom stereocenters. The van der Waals surface area contributed by atoms with E-state index in [1.807, 2.05) is 0 Å². The van der Waals surface area contributed by atoms with E-state index in [2.05, 4.69) is 15.9 Å². The monoisotopic (exact) mass is 351 g/mol. The Morgan fingerprint density at radius 2 is 2.10 bits per heavy atom. The van der Waals surface area contributed by atoms with Crippen LogP contribution in [0, 0.1) is 0 Å². The highest BCUT2D eigenvalue weighted by Gasteiger charge is 2.34. The largest absolute Gasteiger partial charge is 0.417 e. The molecule has 7 heteroatoms. The summed E-state index contributed by atoms with van der Waals surface area (Å²) in [6.45, 7) is 0.615. The quantitative estimate of drug-likeness (QED) is 0.844. The van der Waals surface area contributed by atoms with Crippen LogP contribution < -0.4 is 0 Å². The van der Waals surface area contributed by atoms with Crippen molar-refractivity contribution in [3.8, 4) is 0 Å². The maximum atomic E-state index is 12.8. The van der Waals surface area contributed by atoms with Gasteiger partial charge in [0, 0.05) is 23.1 Å². The highest BCUT2D eigenvalue weighted by atomic mass is 79.9. The lowest BCUT2D eigenvalue weighted by Crippen LogP contribution is -2.42. The van der Waals surface area contributed by atoms with Crippen LogP contribution in [0.4, 0.5) is 13.2 Å². The van der Waals surface area contributed by atoms with E-state index in [0.717, 1.165) is 6.07 Å². The van der Waals surface area contributed by atoms with Crippen LogP contribution in [0.25, 0.3) is 0 Å². The molecule has 1 heterocycles. The third-order valence-corrected chi connectivity index (χ3v) is 3.89. The van der Waals surface area contributed by atoms with Crippen LogP contribution in [0.15, 0.2) is 22.7 Å². The van der Waals surface area contributed by atoms with Crippen molar-refractivity contribution in [2.24, 2.45) is 0 Å². The van der Waals surface area contributed by atoms with Crippen LogP contribution in [0.2, 0.25) is 0 Å². The minimum Gasteiger partial charge on any atom is -0.391 e. The van der Waals surface area contributed by atoms with Gasteiger partial charge >= 0.3 is 6.18 Å². The van der Waals surface area contributed by atoms with Crippen molar-refractivity contribution in [2.75, 3.05) is 13.1 Å². The molecular formula is C13H13BrF3NO2. The standard InChI is InChI=1S/C13H13BrF3NO2/c14-11-4-3-8(6-10(11)13(15,16)17)12(20)18-5-1-2-9(19)7-18/h3-4,6,9,19H,1-2,5,7H2/t9-/m0/s1. The van der Waals surface area contributed by atoms with Gasteiger partial charge in [-0.2, -0.15) is 13.2 Å². The second-order valence-corrected chi connectivity index (χ2v) is 5.59. The van der Waals surface area contributed by atoms with Gasteiger partial charge < -0.3 is 10.0 Å². The molecule has 0 aromatic heterocycles. The lowest BCUT2D eigenvalue weighted by atomic mass is 10.1. The van der Waals surface area contributed by atoms with Gasteiger partial charge in [-0.05, 0) is 31.0 Å². The number of rotatable bonds is 1. The van der Waals surface area contributed by atoms with Crippen LogP contribution in [0.1, 0.15) is 28.8 Å². The summed E-state index contributed by atoms with van der Waals surface area (Å²) in [4.78, 5) is 13.6. The number of β-amino-alcohol motifs (C(OH)–C–C–N with tert-alkyl or cyclic N) is 1. The summed E-state index contributed by atoms with van der Waals surface area (Å²) in [5.41, 5.74) is -0.893. The summed E-state index contributed by atoms with van der Waals surface area (Å²) in [6, 6.07) is 3.41. The van der Waals surface area contributed by atoms with E-state index in [4.69, 9.17) is 0 Å². The van der Waals surface area contributed by atoms with E-state index in [-0.39, 0.29) is 16.6 Å². The average Bonchev–Trinajstić information content (AvgIpc) is 2.37. The molecule has 1 aliphatic heterocycles. The van der Waals surface area contributed by atoms with Gasteiger partial charge in [0.1, 0.15) is 0 Å². The molecule has 1 saturated heterocycles. The van der Waals surface area contributed by atoms with Gasteiger partial charge in [-0.15, -0.1) is 0 Å². The van der Waals surface area contributed by atoms with Crippen LogP contribution in [0.5, 0.6) is 0 Å². The molecule has 20 heavy (non-hydrogen) atoms. The number of alkyl halides is 3. The summed E-state index contributed by atoms with van der Waals surface area (Å²) >= 11 is 2.84. The van der Waals surface area contributed by atoms with Crippen molar-refractivity contribution in [3.05, 3.63) is 33.8 Å². The predicted molar refractivity (Wildman–Crippen MR) is 70.3 cm³/mol. The molecule has 0 saturated carbocycles. The first-order chi connectivity index (χ1) is 9.29. The average molecular weight is 352 g/mol. The minimum atomic E-state index is -4.52. The van der Waals surface area contributed by atoms with Crippen molar-refractivity contribution in [1.29, 1.82) is 0 Å². The first kappa shape index (κ1) is 15.3. The summed E-state index contributed by atoms with van der Waals surface area (Å²) in [7, 11) is 0. The molecule has 0 bridgehead atoms. The molecule has 1 fully saturated rings. The molecule has 1 aromatic rings. The zero-order chi connectivity index (χ0) is 14.9. The third-order valence-electron chi connectivity index (χ3n) is 3.20. The zero-order valence-corrected chi connectivity index (χ0v) is 12.0. The number of hydrogen-bond acceptors (Lipinski definition) is 2. The fourth-order valence-corrected chi connectivity index (χ4v) is 2.67. The molecule has 1 N–H and O–H groups in total. The number of nitrogens with zero attached hydrogens (tertiary/aromatic N) is 1. The Balaban J connectivity index is 2.26. The minimum absolute atomic E-state index is 0.0189. The molecule has 1 aliphatic rings. The fraction of sp³-hybridized carbons (Fsp3) is 0.462. The molecule has 1 aromatic carbocycles. The third kappa shape index (κ3) is 3.32. The molecule has 0 unspecified atom stereocenters. The number of aliphatic hydroxyl groups is 1. The van der Waals surface area contributed by atoms with Crippen molar-refractivity contribution < 1.29 is 23.1 Å². The van der Waals surface area contributed by atoms with Gasteiger partial charge in [0.25, 0.3) is 5.91 Å². The lowest BCUT2D eigenvalue weighted by molar-refractivity contribution is -0.138. The van der Waals surface area contributed by atoms with E-state index in [1.165, 1.54) is 17.0 Å². The van der Waals surface area contributed by atoms with Gasteiger partial charge in [0.2, 0.25) is 0 Å². The maximum absolute atomic E-state index is 12.8. The molecule has 0 spiro atoms. The Bertz CT molecular complexity index is 519. The number of benzene rings is 1. The predicted octanol–water partition coefficient (Wildman–Crippen LogP) is 3.06. The number of hydrogen-bond donors (Lipinski definition) is 1. The second-order valence-electron chi connectivity index (χ2n) is 4.74.